The van der Waals surface area contributed by atoms with Crippen molar-refractivity contribution in [3.8, 4) is 5.88 Å². The number of hydrogen-bond acceptors (Lipinski definition) is 3. The van der Waals surface area contributed by atoms with Gasteiger partial charge in [0, 0.05) is 10.4 Å². The van der Waals surface area contributed by atoms with Crippen LogP contribution in [-0.4, -0.2) is 15.2 Å². The number of aromatic hydroxyl groups is 1. The van der Waals surface area contributed by atoms with Crippen LogP contribution in [0.4, 0.5) is 5.69 Å². The fourth-order valence-corrected chi connectivity index (χ4v) is 1.55. The normalized spacial score (nSPS) is 11.3. The van der Waals surface area contributed by atoms with E-state index >= 15 is 0 Å². The molecule has 0 unspecified atom stereocenters. The minimum Gasteiger partial charge on any atom is -0.493 e. The molecule has 2 rings (SSSR count). The number of aromatic amines is 1. The molecule has 0 aliphatic carbocycles. The summed E-state index contributed by atoms with van der Waals surface area (Å²) in [6, 6.07) is 5.09. The quantitative estimate of drug-likeness (QED) is 0.540. The first-order chi connectivity index (χ1) is 7.58. The topological polar surface area (TPSA) is 86.8 Å². The number of rotatable bonds is 1. The molecule has 7 heteroatoms. The van der Waals surface area contributed by atoms with Crippen molar-refractivity contribution in [2.45, 2.75) is 0 Å². The van der Waals surface area contributed by atoms with E-state index in [0.29, 0.717) is 21.6 Å². The smallest absolute Gasteiger partial charge is 0.218 e. The zero-order valence-corrected chi connectivity index (χ0v) is 9.51. The minimum atomic E-state index is -0.0998. The van der Waals surface area contributed by atoms with Gasteiger partial charge in [-0.1, -0.05) is 11.6 Å². The lowest BCUT2D eigenvalue weighted by atomic mass is 10.2. The molecule has 1 aromatic carbocycles. The standard InChI is InChI=1S/C9H7ClN4OS/c10-4-1-2-5-6(3-4)12-8(15)7(5)13-14-9(11)16/h1-3,12,15H,(H2,11,16). The highest BCUT2D eigenvalue weighted by molar-refractivity contribution is 7.80. The number of azo groups is 1. The molecule has 2 aromatic rings. The molecule has 0 radical (unpaired) electrons. The second-order valence-electron chi connectivity index (χ2n) is 3.05. The summed E-state index contributed by atoms with van der Waals surface area (Å²) < 4.78 is 0. The van der Waals surface area contributed by atoms with Crippen molar-refractivity contribution in [2.75, 3.05) is 0 Å². The summed E-state index contributed by atoms with van der Waals surface area (Å²) in [5.41, 5.74) is 6.14. The predicted octanol–water partition coefficient (Wildman–Crippen LogP) is 2.85. The fourth-order valence-electron chi connectivity index (χ4n) is 1.34. The molecule has 0 aliphatic heterocycles. The van der Waals surface area contributed by atoms with E-state index in [0.717, 1.165) is 0 Å². The fraction of sp³-hybridized carbons (Fsp3) is 0. The van der Waals surface area contributed by atoms with Crippen LogP contribution in [0.3, 0.4) is 0 Å². The Bertz CT molecular complexity index is 592. The summed E-state index contributed by atoms with van der Waals surface area (Å²) in [6.45, 7) is 0. The lowest BCUT2D eigenvalue weighted by Crippen LogP contribution is -2.01. The maximum atomic E-state index is 9.60. The number of H-pyrrole nitrogens is 1. The molecule has 16 heavy (non-hydrogen) atoms. The van der Waals surface area contributed by atoms with E-state index in [2.05, 4.69) is 27.4 Å². The molecule has 0 saturated heterocycles. The Morgan fingerprint density at radius 3 is 2.94 bits per heavy atom. The molecule has 0 fully saturated rings. The van der Waals surface area contributed by atoms with Crippen LogP contribution in [0.25, 0.3) is 10.9 Å². The molecule has 1 heterocycles. The second kappa shape index (κ2) is 4.07. The summed E-state index contributed by atoms with van der Waals surface area (Å²) in [5, 5.41) is 18.0. The lowest BCUT2D eigenvalue weighted by molar-refractivity contribution is 0.459. The molecule has 0 aliphatic rings. The third-order valence-corrected chi connectivity index (χ3v) is 2.28. The highest BCUT2D eigenvalue weighted by atomic mass is 35.5. The molecule has 5 nitrogen and oxygen atoms in total. The van der Waals surface area contributed by atoms with Crippen molar-refractivity contribution < 1.29 is 5.11 Å². The van der Waals surface area contributed by atoms with Crippen LogP contribution < -0.4 is 5.73 Å². The van der Waals surface area contributed by atoms with Crippen LogP contribution in [0.2, 0.25) is 5.02 Å². The van der Waals surface area contributed by atoms with Crippen LogP contribution in [0.1, 0.15) is 0 Å². The van der Waals surface area contributed by atoms with Crippen molar-refractivity contribution in [3.05, 3.63) is 23.2 Å². The highest BCUT2D eigenvalue weighted by Gasteiger charge is 2.10. The number of halogens is 1. The number of benzene rings is 1. The van der Waals surface area contributed by atoms with E-state index in [4.69, 9.17) is 17.3 Å². The zero-order valence-electron chi connectivity index (χ0n) is 7.94. The summed E-state index contributed by atoms with van der Waals surface area (Å²) in [6.07, 6.45) is 0. The first-order valence-electron chi connectivity index (χ1n) is 4.29. The van der Waals surface area contributed by atoms with Gasteiger partial charge >= 0.3 is 0 Å². The second-order valence-corrected chi connectivity index (χ2v) is 3.91. The number of thiocarbonyl (C=S) groups is 1. The van der Waals surface area contributed by atoms with Gasteiger partial charge < -0.3 is 15.8 Å². The summed E-state index contributed by atoms with van der Waals surface area (Å²) >= 11 is 10.4. The van der Waals surface area contributed by atoms with Crippen LogP contribution in [0.15, 0.2) is 28.4 Å². The van der Waals surface area contributed by atoms with Gasteiger partial charge in [-0.05, 0) is 30.4 Å². The van der Waals surface area contributed by atoms with E-state index in [1.807, 2.05) is 0 Å². The average Bonchev–Trinajstić information content (AvgIpc) is 2.50. The Morgan fingerprint density at radius 1 is 1.50 bits per heavy atom. The molecular weight excluding hydrogens is 248 g/mol. The van der Waals surface area contributed by atoms with E-state index < -0.39 is 0 Å². The molecule has 0 atom stereocenters. The van der Waals surface area contributed by atoms with Crippen LogP contribution in [0.5, 0.6) is 5.88 Å². The van der Waals surface area contributed by atoms with Gasteiger partial charge in [0.1, 0.15) is 0 Å². The Morgan fingerprint density at radius 2 is 2.25 bits per heavy atom. The van der Waals surface area contributed by atoms with Crippen molar-refractivity contribution in [1.82, 2.24) is 4.98 Å². The van der Waals surface area contributed by atoms with E-state index in [-0.39, 0.29) is 11.0 Å². The van der Waals surface area contributed by atoms with E-state index in [1.54, 1.807) is 18.2 Å². The summed E-state index contributed by atoms with van der Waals surface area (Å²) in [4.78, 5) is 2.72. The van der Waals surface area contributed by atoms with Gasteiger partial charge in [-0.3, -0.25) is 0 Å². The van der Waals surface area contributed by atoms with Gasteiger partial charge in [-0.25, -0.2) is 0 Å². The Kier molecular flexibility index (Phi) is 2.76. The molecular formula is C9H7ClN4OS. The molecule has 0 saturated carbocycles. The molecule has 0 amide bonds. The zero-order chi connectivity index (χ0) is 11.7. The monoisotopic (exact) mass is 254 g/mol. The first kappa shape index (κ1) is 10.8. The molecule has 0 spiro atoms. The van der Waals surface area contributed by atoms with Gasteiger partial charge in [-0.15, -0.1) is 10.2 Å². The van der Waals surface area contributed by atoms with E-state index in [9.17, 15) is 5.11 Å². The maximum Gasteiger partial charge on any atom is 0.218 e. The predicted molar refractivity (Wildman–Crippen MR) is 66.3 cm³/mol. The van der Waals surface area contributed by atoms with Gasteiger partial charge in [0.15, 0.2) is 5.69 Å². The van der Waals surface area contributed by atoms with Crippen molar-refractivity contribution in [2.24, 2.45) is 16.0 Å². The van der Waals surface area contributed by atoms with Gasteiger partial charge in [0.05, 0.1) is 5.52 Å². The van der Waals surface area contributed by atoms with Crippen LogP contribution in [0, 0.1) is 0 Å². The first-order valence-corrected chi connectivity index (χ1v) is 5.08. The molecule has 82 valence electrons. The van der Waals surface area contributed by atoms with Crippen LogP contribution >= 0.6 is 23.8 Å². The Labute approximate surface area is 101 Å². The molecule has 1 aromatic heterocycles. The summed E-state index contributed by atoms with van der Waals surface area (Å²) in [7, 11) is 0. The van der Waals surface area contributed by atoms with Crippen molar-refractivity contribution in [3.63, 3.8) is 0 Å². The van der Waals surface area contributed by atoms with E-state index in [1.165, 1.54) is 0 Å². The third-order valence-electron chi connectivity index (χ3n) is 1.96. The number of nitrogens with two attached hydrogens (primary N) is 1. The Balaban J connectivity index is 2.60. The number of nitrogens with zero attached hydrogens (tertiary/aromatic N) is 2. The number of hydrogen-bond donors (Lipinski definition) is 3. The molecule has 0 bridgehead atoms. The molecule has 4 N–H and O–H groups in total. The third kappa shape index (κ3) is 1.98. The van der Waals surface area contributed by atoms with Crippen molar-refractivity contribution >= 4 is 45.5 Å². The number of fused-ring (bicyclic) bond motifs is 1. The minimum absolute atomic E-state index is 0.0947. The van der Waals surface area contributed by atoms with Gasteiger partial charge in [0.2, 0.25) is 11.0 Å². The van der Waals surface area contributed by atoms with Gasteiger partial charge in [0.25, 0.3) is 0 Å². The maximum absolute atomic E-state index is 9.60. The van der Waals surface area contributed by atoms with Crippen LogP contribution in [-0.2, 0) is 0 Å². The summed E-state index contributed by atoms with van der Waals surface area (Å²) in [5.74, 6) is -0.0998. The lowest BCUT2D eigenvalue weighted by Gasteiger charge is -1.91. The average molecular weight is 255 g/mol. The van der Waals surface area contributed by atoms with Gasteiger partial charge in [-0.2, -0.15) is 0 Å². The number of aromatic nitrogens is 1. The SMILES string of the molecule is NC(=S)N=Nc1c(O)[nH]c2cc(Cl)ccc12. The highest BCUT2D eigenvalue weighted by Crippen LogP contribution is 2.36. The largest absolute Gasteiger partial charge is 0.493 e. The number of nitrogens with one attached hydrogen (secondary N) is 1. The van der Waals surface area contributed by atoms with Crippen molar-refractivity contribution in [1.29, 1.82) is 0 Å². The Hall–Kier alpha value is -1.66.